The number of nitrogens with zero attached hydrogens (tertiary/aromatic N) is 3. The first kappa shape index (κ1) is 8.68. The number of aliphatic carboxylic acids is 1. The van der Waals surface area contributed by atoms with Crippen molar-refractivity contribution in [2.75, 3.05) is 0 Å². The van der Waals surface area contributed by atoms with Gasteiger partial charge in [-0.1, -0.05) is 0 Å². The van der Waals surface area contributed by atoms with E-state index in [1.165, 1.54) is 6.33 Å². The smallest absolute Gasteiger partial charge is 0.312 e. The van der Waals surface area contributed by atoms with Gasteiger partial charge in [0.25, 0.3) is 0 Å². The minimum absolute atomic E-state index is 0.563. The predicted octanol–water partition coefficient (Wildman–Crippen LogP) is 0.917. The summed E-state index contributed by atoms with van der Waals surface area (Å²) in [4.78, 5) is 14.6. The van der Waals surface area contributed by atoms with E-state index in [0.717, 1.165) is 5.52 Å². The monoisotopic (exact) mass is 191 g/mol. The van der Waals surface area contributed by atoms with Crippen molar-refractivity contribution in [1.29, 1.82) is 0 Å². The number of fused-ring (bicyclic) bond motifs is 1. The Morgan fingerprint density at radius 3 is 3.07 bits per heavy atom. The van der Waals surface area contributed by atoms with Crippen LogP contribution < -0.4 is 0 Å². The normalized spacial score (nSPS) is 12.9. The molecule has 0 amide bonds. The number of carbonyl (C=O) groups is 1. The lowest BCUT2D eigenvalue weighted by Crippen LogP contribution is -2.11. The summed E-state index contributed by atoms with van der Waals surface area (Å²) in [7, 11) is 0. The van der Waals surface area contributed by atoms with Crippen molar-refractivity contribution >= 4 is 11.5 Å². The van der Waals surface area contributed by atoms with Crippen molar-refractivity contribution in [3.8, 4) is 0 Å². The van der Waals surface area contributed by atoms with E-state index in [1.807, 2.05) is 0 Å². The molecular weight excluding hydrogens is 182 g/mol. The second-order valence-corrected chi connectivity index (χ2v) is 3.06. The molecule has 0 saturated carbocycles. The molecular formula is C9H9N3O2. The highest BCUT2D eigenvalue weighted by Gasteiger charge is 2.17. The summed E-state index contributed by atoms with van der Waals surface area (Å²) in [6.07, 6.45) is 3.04. The molecule has 0 saturated heterocycles. The molecule has 0 aromatic carbocycles. The van der Waals surface area contributed by atoms with Crippen LogP contribution in [0.2, 0.25) is 0 Å². The second-order valence-electron chi connectivity index (χ2n) is 3.06. The van der Waals surface area contributed by atoms with Gasteiger partial charge in [0.2, 0.25) is 0 Å². The molecule has 0 aliphatic rings. The van der Waals surface area contributed by atoms with E-state index in [4.69, 9.17) is 5.11 Å². The maximum absolute atomic E-state index is 10.8. The molecule has 0 fully saturated rings. The van der Waals surface area contributed by atoms with E-state index in [1.54, 1.807) is 29.8 Å². The van der Waals surface area contributed by atoms with Crippen molar-refractivity contribution in [2.24, 2.45) is 0 Å². The van der Waals surface area contributed by atoms with Crippen molar-refractivity contribution in [2.45, 2.75) is 12.8 Å². The van der Waals surface area contributed by atoms with Gasteiger partial charge in [-0.05, 0) is 19.1 Å². The fourth-order valence-corrected chi connectivity index (χ4v) is 1.34. The highest BCUT2D eigenvalue weighted by Crippen LogP contribution is 2.17. The fourth-order valence-electron chi connectivity index (χ4n) is 1.34. The highest BCUT2D eigenvalue weighted by molar-refractivity contribution is 5.75. The Kier molecular flexibility index (Phi) is 1.92. The Labute approximate surface area is 80.0 Å². The molecule has 1 unspecified atom stereocenters. The van der Waals surface area contributed by atoms with E-state index in [-0.39, 0.29) is 0 Å². The van der Waals surface area contributed by atoms with Crippen LogP contribution in [-0.4, -0.2) is 25.7 Å². The lowest BCUT2D eigenvalue weighted by molar-refractivity contribution is -0.138. The zero-order valence-electron chi connectivity index (χ0n) is 7.58. The number of rotatable bonds is 2. The summed E-state index contributed by atoms with van der Waals surface area (Å²) in [5.41, 5.74) is 1.46. The van der Waals surface area contributed by atoms with Crippen LogP contribution >= 0.6 is 0 Å². The van der Waals surface area contributed by atoms with Gasteiger partial charge in [0.15, 0.2) is 0 Å². The molecule has 1 N–H and O–H groups in total. The first-order valence-corrected chi connectivity index (χ1v) is 4.20. The average molecular weight is 191 g/mol. The molecule has 5 nitrogen and oxygen atoms in total. The summed E-state index contributed by atoms with van der Waals surface area (Å²) < 4.78 is 1.59. The minimum Gasteiger partial charge on any atom is -0.481 e. The van der Waals surface area contributed by atoms with Crippen molar-refractivity contribution in [1.82, 2.24) is 14.6 Å². The van der Waals surface area contributed by atoms with Gasteiger partial charge >= 0.3 is 5.97 Å². The average Bonchev–Trinajstić information content (AvgIpc) is 2.60. The van der Waals surface area contributed by atoms with Gasteiger partial charge in [-0.15, -0.1) is 0 Å². The van der Waals surface area contributed by atoms with E-state index in [9.17, 15) is 4.79 Å². The van der Waals surface area contributed by atoms with Crippen molar-refractivity contribution < 1.29 is 9.90 Å². The molecule has 0 bridgehead atoms. The molecule has 72 valence electrons. The van der Waals surface area contributed by atoms with Crippen LogP contribution in [0, 0.1) is 0 Å². The molecule has 1 atom stereocenters. The van der Waals surface area contributed by atoms with E-state index in [0.29, 0.717) is 5.69 Å². The third-order valence-corrected chi connectivity index (χ3v) is 2.17. The molecule has 0 aliphatic carbocycles. The van der Waals surface area contributed by atoms with E-state index < -0.39 is 11.9 Å². The molecule has 2 rings (SSSR count). The molecule has 2 aromatic heterocycles. The lowest BCUT2D eigenvalue weighted by atomic mass is 10.1. The molecule has 14 heavy (non-hydrogen) atoms. The Bertz CT molecular complexity index is 478. The van der Waals surface area contributed by atoms with Crippen LogP contribution in [0.5, 0.6) is 0 Å². The maximum atomic E-state index is 10.8. The Hall–Kier alpha value is -1.91. The summed E-state index contributed by atoms with van der Waals surface area (Å²) in [6.45, 7) is 1.63. The molecule has 5 heteroatoms. The van der Waals surface area contributed by atoms with Gasteiger partial charge in [0.05, 0.1) is 23.3 Å². The van der Waals surface area contributed by atoms with E-state index in [2.05, 4.69) is 10.1 Å². The summed E-state index contributed by atoms with van der Waals surface area (Å²) in [5.74, 6) is -1.42. The van der Waals surface area contributed by atoms with Crippen LogP contribution in [-0.2, 0) is 4.79 Å². The van der Waals surface area contributed by atoms with Gasteiger partial charge in [-0.3, -0.25) is 4.79 Å². The number of carboxylic acids is 1. The van der Waals surface area contributed by atoms with Gasteiger partial charge in [0.1, 0.15) is 6.33 Å². The Morgan fingerprint density at radius 1 is 1.57 bits per heavy atom. The first-order valence-electron chi connectivity index (χ1n) is 4.20. The summed E-state index contributed by atoms with van der Waals surface area (Å²) in [6, 6.07) is 3.55. The van der Waals surface area contributed by atoms with Crippen molar-refractivity contribution in [3.63, 3.8) is 0 Å². The molecule has 0 aliphatic heterocycles. The Balaban J connectivity index is 2.58. The number of hydrogen-bond donors (Lipinski definition) is 1. The number of aromatic nitrogens is 3. The quantitative estimate of drug-likeness (QED) is 0.766. The van der Waals surface area contributed by atoms with Crippen LogP contribution in [0.4, 0.5) is 0 Å². The largest absolute Gasteiger partial charge is 0.481 e. The van der Waals surface area contributed by atoms with E-state index >= 15 is 0 Å². The maximum Gasteiger partial charge on any atom is 0.312 e. The molecule has 0 radical (unpaired) electrons. The topological polar surface area (TPSA) is 67.5 Å². The van der Waals surface area contributed by atoms with Crippen LogP contribution in [0.25, 0.3) is 5.52 Å². The molecule has 0 spiro atoms. The fraction of sp³-hybridized carbons (Fsp3) is 0.222. The third kappa shape index (κ3) is 1.22. The van der Waals surface area contributed by atoms with Gasteiger partial charge in [0, 0.05) is 0 Å². The van der Waals surface area contributed by atoms with Gasteiger partial charge in [-0.2, -0.15) is 5.10 Å². The van der Waals surface area contributed by atoms with Crippen LogP contribution in [0.1, 0.15) is 18.5 Å². The third-order valence-electron chi connectivity index (χ3n) is 2.17. The van der Waals surface area contributed by atoms with Crippen LogP contribution in [0.15, 0.2) is 24.7 Å². The summed E-state index contributed by atoms with van der Waals surface area (Å²) >= 11 is 0. The predicted molar refractivity (Wildman–Crippen MR) is 49.0 cm³/mol. The second kappa shape index (κ2) is 3.10. The Morgan fingerprint density at radius 2 is 2.36 bits per heavy atom. The lowest BCUT2D eigenvalue weighted by Gasteiger charge is -2.04. The van der Waals surface area contributed by atoms with Gasteiger partial charge in [-0.25, -0.2) is 9.50 Å². The number of hydrogen-bond acceptors (Lipinski definition) is 3. The summed E-state index contributed by atoms with van der Waals surface area (Å²) in [5, 5.41) is 12.8. The highest BCUT2D eigenvalue weighted by atomic mass is 16.4. The van der Waals surface area contributed by atoms with Crippen molar-refractivity contribution in [3.05, 3.63) is 30.4 Å². The minimum atomic E-state index is -0.858. The standard InChI is InChI=1S/C9H9N3O2/c1-6(9(13)14)8-3-2-7-4-10-5-11-12(7)8/h2-6H,1H3,(H,13,14). The zero-order chi connectivity index (χ0) is 10.1. The van der Waals surface area contributed by atoms with Gasteiger partial charge < -0.3 is 5.11 Å². The first-order chi connectivity index (χ1) is 6.70. The SMILES string of the molecule is CC(C(=O)O)c1ccc2cncnn12. The van der Waals surface area contributed by atoms with Crippen LogP contribution in [0.3, 0.4) is 0 Å². The molecule has 2 heterocycles. The zero-order valence-corrected chi connectivity index (χ0v) is 7.58. The molecule has 2 aromatic rings. The number of carboxylic acid groups (broad SMARTS) is 1.